The van der Waals surface area contributed by atoms with Crippen molar-refractivity contribution >= 4 is 31.9 Å². The van der Waals surface area contributed by atoms with Crippen LogP contribution in [0.3, 0.4) is 0 Å². The van der Waals surface area contributed by atoms with Gasteiger partial charge in [-0.15, -0.1) is 0 Å². The van der Waals surface area contributed by atoms with Gasteiger partial charge in [-0.1, -0.05) is 60.7 Å². The van der Waals surface area contributed by atoms with E-state index in [1.807, 2.05) is 0 Å². The Bertz CT molecular complexity index is 1960. The van der Waals surface area contributed by atoms with Gasteiger partial charge in [0.2, 0.25) is 0 Å². The number of nitrogens with one attached hydrogen (secondary N) is 2. The number of alkyl halides is 1. The van der Waals surface area contributed by atoms with Gasteiger partial charge in [0.1, 0.15) is 32.4 Å². The van der Waals surface area contributed by atoms with Crippen molar-refractivity contribution in [2.24, 2.45) is 0 Å². The summed E-state index contributed by atoms with van der Waals surface area (Å²) in [5.74, 6) is -1.66. The molecule has 0 spiro atoms. The minimum atomic E-state index is -4.43. The largest absolute Gasteiger partial charge is 0.509 e. The number of nitrogens with zero attached hydrogens (tertiary/aromatic N) is 2. The molecule has 0 aliphatic carbocycles. The molecule has 2 aromatic carbocycles. The minimum Gasteiger partial charge on any atom is -0.462 e. The second kappa shape index (κ2) is 19.6. The van der Waals surface area contributed by atoms with E-state index in [1.54, 1.807) is 88.4 Å². The molecule has 0 saturated carbocycles. The van der Waals surface area contributed by atoms with Crippen molar-refractivity contribution in [2.45, 2.75) is 84.1 Å². The van der Waals surface area contributed by atoms with Gasteiger partial charge in [-0.3, -0.25) is 23.5 Å². The molecule has 3 aromatic rings. The lowest BCUT2D eigenvalue weighted by atomic mass is 9.98. The van der Waals surface area contributed by atoms with Gasteiger partial charge in [0.15, 0.2) is 18.0 Å². The van der Waals surface area contributed by atoms with Crippen LogP contribution >= 0.6 is 7.67 Å². The van der Waals surface area contributed by atoms with E-state index in [0.29, 0.717) is 15.7 Å². The highest BCUT2D eigenvalue weighted by atomic mass is 31.2. The summed E-state index contributed by atoms with van der Waals surface area (Å²) in [5, 5.41) is 4.73. The van der Waals surface area contributed by atoms with Crippen molar-refractivity contribution in [2.75, 3.05) is 19.7 Å². The van der Waals surface area contributed by atoms with E-state index in [4.69, 9.17) is 32.9 Å². The van der Waals surface area contributed by atoms with Crippen molar-refractivity contribution in [3.8, 4) is 0 Å². The van der Waals surface area contributed by atoms with Crippen molar-refractivity contribution in [3.63, 3.8) is 0 Å². The average molecular weight is 807 g/mol. The Morgan fingerprint density at radius 2 is 1.36 bits per heavy atom. The minimum absolute atomic E-state index is 0.130. The van der Waals surface area contributed by atoms with Crippen molar-refractivity contribution in [1.82, 2.24) is 19.3 Å². The molecule has 56 heavy (non-hydrogen) atoms. The molecule has 4 atom stereocenters. The van der Waals surface area contributed by atoms with Gasteiger partial charge in [-0.25, -0.2) is 28.9 Å². The zero-order chi connectivity index (χ0) is 41.0. The molecule has 4 rings (SSSR count). The summed E-state index contributed by atoms with van der Waals surface area (Å²) in [5.41, 5.74) is -4.17. The molecule has 18 nitrogen and oxygen atoms in total. The highest BCUT2D eigenvalue weighted by Gasteiger charge is 2.59. The maximum atomic E-state index is 17.1. The summed E-state index contributed by atoms with van der Waals surface area (Å²) < 4.78 is 69.0. The first-order valence-corrected chi connectivity index (χ1v) is 19.0. The molecule has 1 unspecified atom stereocenters. The smallest absolute Gasteiger partial charge is 0.462 e. The second-order valence-electron chi connectivity index (χ2n) is 13.1. The number of carbonyl (C=O) groups excluding carboxylic acids is 4. The molecule has 20 heteroatoms. The van der Waals surface area contributed by atoms with Gasteiger partial charge >= 0.3 is 37.5 Å². The number of benzene rings is 2. The molecule has 0 amide bonds. The van der Waals surface area contributed by atoms with E-state index in [2.05, 4.69) is 10.2 Å². The van der Waals surface area contributed by atoms with Gasteiger partial charge in [0.25, 0.3) is 5.56 Å². The maximum Gasteiger partial charge on any atom is 0.509 e. The third-order valence-corrected chi connectivity index (χ3v) is 9.43. The Balaban J connectivity index is 1.63. The van der Waals surface area contributed by atoms with E-state index in [-0.39, 0.29) is 17.8 Å². The third-order valence-electron chi connectivity index (χ3n) is 7.77. The predicted octanol–water partition coefficient (Wildman–Crippen LogP) is 3.75. The van der Waals surface area contributed by atoms with Crippen LogP contribution in [-0.4, -0.2) is 83.1 Å². The van der Waals surface area contributed by atoms with Crippen LogP contribution in [0.1, 0.15) is 52.0 Å². The van der Waals surface area contributed by atoms with E-state index < -0.39 is 99.1 Å². The van der Waals surface area contributed by atoms with E-state index >= 15 is 4.39 Å². The zero-order valence-electron chi connectivity index (χ0n) is 31.3. The number of esters is 2. The van der Waals surface area contributed by atoms with Crippen LogP contribution in [0.2, 0.25) is 0 Å². The van der Waals surface area contributed by atoms with E-state index in [1.165, 1.54) is 0 Å². The van der Waals surface area contributed by atoms with Gasteiger partial charge < -0.3 is 32.9 Å². The first-order valence-electron chi connectivity index (χ1n) is 17.4. The Morgan fingerprint density at radius 3 is 1.88 bits per heavy atom. The third kappa shape index (κ3) is 12.1. The van der Waals surface area contributed by atoms with Crippen LogP contribution in [0.5, 0.6) is 0 Å². The zero-order valence-corrected chi connectivity index (χ0v) is 32.2. The van der Waals surface area contributed by atoms with Crippen LogP contribution in [0, 0.1) is 0 Å². The predicted molar refractivity (Wildman–Crippen MR) is 194 cm³/mol. The van der Waals surface area contributed by atoms with E-state index in [9.17, 15) is 33.3 Å². The molecule has 1 aromatic heterocycles. The molecule has 304 valence electrons. The first-order chi connectivity index (χ1) is 26.5. The Kier molecular flexibility index (Phi) is 15.2. The van der Waals surface area contributed by atoms with Gasteiger partial charge in [-0.05, 0) is 45.7 Å². The molecule has 2 N–H and O–H groups in total. The summed E-state index contributed by atoms with van der Waals surface area (Å²) in [7, 11) is -4.43. The molecule has 1 aliphatic rings. The Hall–Kier alpha value is -5.20. The second-order valence-corrected chi connectivity index (χ2v) is 15.0. The summed E-state index contributed by atoms with van der Waals surface area (Å²) in [6.45, 7) is 4.51. The molecule has 2 heterocycles. The normalized spacial score (nSPS) is 19.4. The highest BCUT2D eigenvalue weighted by Crippen LogP contribution is 2.45. The molecular formula is C36H44FN4O14P. The number of hydrogen-bond acceptors (Lipinski definition) is 14. The molecule has 0 bridgehead atoms. The molecular weight excluding hydrogens is 762 g/mol. The number of rotatable bonds is 17. The SMILES string of the molecule is CC(C)OC(=O)CNP(=O)(NCC(=O)OC(C)C)OC[C@H]1O[C@@H](n2ccc(=O)n(C(=O)OCc3ccccc3)c2=O)[C@@](C)(F)C1OC(=O)OCc1ccccc1. The Morgan fingerprint density at radius 1 is 0.839 bits per heavy atom. The van der Waals surface area contributed by atoms with Gasteiger partial charge in [0, 0.05) is 12.3 Å². The monoisotopic (exact) mass is 806 g/mol. The summed E-state index contributed by atoms with van der Waals surface area (Å²) in [4.78, 5) is 76.9. The number of aromatic nitrogens is 2. The fraction of sp³-hybridized carbons (Fsp3) is 0.444. The number of halogens is 1. The molecule has 1 aliphatic heterocycles. The number of hydrogen-bond donors (Lipinski definition) is 2. The number of ether oxygens (including phenoxy) is 6. The number of carbonyl (C=O) groups is 4. The average Bonchev–Trinajstić information content (AvgIpc) is 3.39. The van der Waals surface area contributed by atoms with Crippen molar-refractivity contribution in [1.29, 1.82) is 0 Å². The standard InChI is InChI=1S/C36H44FN4O14P/c1-23(2)52-29(43)18-38-56(48,39-19-30(44)53-24(3)4)51-22-27-31(55-35(47)50-21-26-14-10-7-11-15-26)36(5,37)32(54-27)40-17-16-28(42)41(33(40)45)34(46)49-20-25-12-8-6-9-13-25/h6-17,23-24,27,31-32H,18-22H2,1-5H3,(H2,38,39,48)/t27-,31?,32-,36+/m1/s1. The van der Waals surface area contributed by atoms with Gasteiger partial charge in [0.05, 0.1) is 18.8 Å². The summed E-state index contributed by atoms with van der Waals surface area (Å²) >= 11 is 0. The lowest BCUT2D eigenvalue weighted by molar-refractivity contribution is -0.146. The summed E-state index contributed by atoms with van der Waals surface area (Å²) in [6, 6.07) is 17.7. The maximum absolute atomic E-state index is 17.1. The lowest BCUT2D eigenvalue weighted by Gasteiger charge is -2.28. The fourth-order valence-corrected chi connectivity index (χ4v) is 6.60. The highest BCUT2D eigenvalue weighted by molar-refractivity contribution is 7.54. The van der Waals surface area contributed by atoms with Crippen LogP contribution in [0.15, 0.2) is 82.5 Å². The molecule has 0 radical (unpaired) electrons. The quantitative estimate of drug-likeness (QED) is 0.113. The lowest BCUT2D eigenvalue weighted by Crippen LogP contribution is -2.49. The summed E-state index contributed by atoms with van der Waals surface area (Å²) in [6.07, 6.45) is -8.54. The van der Waals surface area contributed by atoms with Crippen molar-refractivity contribution < 1.29 is 61.1 Å². The van der Waals surface area contributed by atoms with Crippen molar-refractivity contribution in [3.05, 3.63) is 105 Å². The fourth-order valence-electron chi connectivity index (χ4n) is 5.28. The van der Waals surface area contributed by atoms with Crippen LogP contribution in [0.25, 0.3) is 0 Å². The van der Waals surface area contributed by atoms with Crippen LogP contribution in [0.4, 0.5) is 14.0 Å². The van der Waals surface area contributed by atoms with Crippen LogP contribution < -0.4 is 21.4 Å². The Labute approximate surface area is 320 Å². The molecule has 1 saturated heterocycles. The van der Waals surface area contributed by atoms with E-state index in [0.717, 1.165) is 19.2 Å². The first kappa shape index (κ1) is 43.5. The van der Waals surface area contributed by atoms with Crippen LogP contribution in [-0.2, 0) is 60.3 Å². The topological polar surface area (TPSA) is 218 Å². The van der Waals surface area contributed by atoms with Gasteiger partial charge in [-0.2, -0.15) is 4.57 Å². The molecule has 1 fully saturated rings.